The fraction of sp³-hybridized carbons (Fsp3) is 0.500. The van der Waals surface area contributed by atoms with Crippen molar-refractivity contribution in [3.8, 4) is 0 Å². The number of piperidine rings is 1. The van der Waals surface area contributed by atoms with Crippen LogP contribution in [0.5, 0.6) is 0 Å². The Morgan fingerprint density at radius 1 is 1.29 bits per heavy atom. The van der Waals surface area contributed by atoms with Gasteiger partial charge in [-0.05, 0) is 58.0 Å². The highest BCUT2D eigenvalue weighted by molar-refractivity contribution is 5.63. The molecule has 4 rings (SSSR count). The Hall–Kier alpha value is -1.88. The fourth-order valence-corrected chi connectivity index (χ4v) is 3.63. The Bertz CT molecular complexity index is 676. The SMILES string of the molecule is Cc1cc2c(o1)C=Cn1ncnc1C2C1CCN(C)CC1. The summed E-state index contributed by atoms with van der Waals surface area (Å²) in [5, 5.41) is 4.33. The summed E-state index contributed by atoms with van der Waals surface area (Å²) >= 11 is 0. The van der Waals surface area contributed by atoms with E-state index in [0.717, 1.165) is 30.4 Å². The van der Waals surface area contributed by atoms with Crippen molar-refractivity contribution in [2.45, 2.75) is 25.7 Å². The van der Waals surface area contributed by atoms with Crippen LogP contribution in [0.2, 0.25) is 0 Å². The third kappa shape index (κ3) is 2.12. The highest BCUT2D eigenvalue weighted by atomic mass is 16.3. The average Bonchev–Trinajstić information content (AvgIpc) is 3.04. The number of hydrogen-bond donors (Lipinski definition) is 0. The van der Waals surface area contributed by atoms with E-state index in [-0.39, 0.29) is 5.92 Å². The Morgan fingerprint density at radius 3 is 2.90 bits per heavy atom. The molecule has 0 aromatic carbocycles. The molecule has 5 nitrogen and oxygen atoms in total. The number of aryl methyl sites for hydroxylation is 1. The van der Waals surface area contributed by atoms with E-state index in [1.807, 2.05) is 23.9 Å². The van der Waals surface area contributed by atoms with Crippen molar-refractivity contribution in [1.29, 1.82) is 0 Å². The lowest BCUT2D eigenvalue weighted by Gasteiger charge is -2.33. The molecule has 5 heteroatoms. The van der Waals surface area contributed by atoms with Gasteiger partial charge in [-0.25, -0.2) is 9.67 Å². The van der Waals surface area contributed by atoms with E-state index in [4.69, 9.17) is 4.42 Å². The Balaban J connectivity index is 1.80. The minimum atomic E-state index is 0.281. The smallest absolute Gasteiger partial charge is 0.139 e. The van der Waals surface area contributed by atoms with Crippen LogP contribution in [0.4, 0.5) is 0 Å². The van der Waals surface area contributed by atoms with Crippen LogP contribution in [0.3, 0.4) is 0 Å². The molecule has 1 atom stereocenters. The van der Waals surface area contributed by atoms with Crippen LogP contribution in [0.25, 0.3) is 12.3 Å². The van der Waals surface area contributed by atoms with E-state index in [2.05, 4.69) is 28.1 Å². The Morgan fingerprint density at radius 2 is 2.10 bits per heavy atom. The summed E-state index contributed by atoms with van der Waals surface area (Å²) in [6.07, 6.45) is 8.00. The number of fused-ring (bicyclic) bond motifs is 2. The molecule has 0 radical (unpaired) electrons. The summed E-state index contributed by atoms with van der Waals surface area (Å²) in [6.45, 7) is 4.31. The molecule has 0 amide bonds. The predicted octanol–water partition coefficient (Wildman–Crippen LogP) is 2.59. The first kappa shape index (κ1) is 12.8. The highest BCUT2D eigenvalue weighted by Crippen LogP contribution is 2.41. The van der Waals surface area contributed by atoms with Gasteiger partial charge in [0.05, 0.1) is 5.92 Å². The molecule has 0 saturated carbocycles. The maximum absolute atomic E-state index is 5.86. The van der Waals surface area contributed by atoms with Crippen LogP contribution in [-0.4, -0.2) is 39.8 Å². The van der Waals surface area contributed by atoms with E-state index in [1.54, 1.807) is 6.33 Å². The van der Waals surface area contributed by atoms with Crippen molar-refractivity contribution in [2.75, 3.05) is 20.1 Å². The maximum Gasteiger partial charge on any atom is 0.139 e. The molecule has 0 spiro atoms. The summed E-state index contributed by atoms with van der Waals surface area (Å²) in [7, 11) is 2.20. The van der Waals surface area contributed by atoms with E-state index < -0.39 is 0 Å². The van der Waals surface area contributed by atoms with E-state index in [0.29, 0.717) is 5.92 Å². The van der Waals surface area contributed by atoms with Crippen molar-refractivity contribution >= 4 is 12.3 Å². The second kappa shape index (κ2) is 4.84. The van der Waals surface area contributed by atoms with Crippen LogP contribution in [0.1, 0.15) is 41.7 Å². The molecule has 1 fully saturated rings. The molecule has 1 saturated heterocycles. The van der Waals surface area contributed by atoms with Gasteiger partial charge in [0.25, 0.3) is 0 Å². The fourth-order valence-electron chi connectivity index (χ4n) is 3.63. The molecular formula is C16H20N4O. The minimum Gasteiger partial charge on any atom is -0.462 e. The quantitative estimate of drug-likeness (QED) is 0.807. The lowest BCUT2D eigenvalue weighted by atomic mass is 9.79. The van der Waals surface area contributed by atoms with Gasteiger partial charge in [0.1, 0.15) is 23.7 Å². The molecule has 110 valence electrons. The molecule has 4 heterocycles. The molecule has 0 N–H and O–H groups in total. The molecule has 2 aliphatic heterocycles. The molecule has 1 unspecified atom stereocenters. The van der Waals surface area contributed by atoms with Crippen molar-refractivity contribution in [3.63, 3.8) is 0 Å². The predicted molar refractivity (Wildman–Crippen MR) is 80.8 cm³/mol. The third-order valence-corrected chi connectivity index (χ3v) is 4.73. The summed E-state index contributed by atoms with van der Waals surface area (Å²) < 4.78 is 7.76. The van der Waals surface area contributed by atoms with Gasteiger partial charge in [-0.2, -0.15) is 5.10 Å². The Labute approximate surface area is 124 Å². The third-order valence-electron chi connectivity index (χ3n) is 4.73. The number of rotatable bonds is 1. The first-order valence-corrected chi connectivity index (χ1v) is 7.59. The first-order valence-electron chi connectivity index (χ1n) is 7.59. The van der Waals surface area contributed by atoms with Crippen molar-refractivity contribution in [3.05, 3.63) is 35.3 Å². The highest BCUT2D eigenvalue weighted by Gasteiger charge is 2.34. The molecule has 0 aliphatic carbocycles. The number of hydrogen-bond acceptors (Lipinski definition) is 4. The van der Waals surface area contributed by atoms with Gasteiger partial charge in [0.2, 0.25) is 0 Å². The van der Waals surface area contributed by atoms with Crippen molar-refractivity contribution in [2.24, 2.45) is 5.92 Å². The summed E-state index contributed by atoms with van der Waals surface area (Å²) in [4.78, 5) is 6.95. The zero-order valence-corrected chi connectivity index (χ0v) is 12.5. The number of furan rings is 1. The van der Waals surface area contributed by atoms with Gasteiger partial charge in [-0.1, -0.05) is 0 Å². The van der Waals surface area contributed by atoms with Crippen molar-refractivity contribution < 1.29 is 4.42 Å². The second-order valence-corrected chi connectivity index (χ2v) is 6.17. The van der Waals surface area contributed by atoms with Gasteiger partial charge in [-0.15, -0.1) is 0 Å². The van der Waals surface area contributed by atoms with Gasteiger partial charge >= 0.3 is 0 Å². The van der Waals surface area contributed by atoms with Gasteiger partial charge in [0, 0.05) is 11.8 Å². The Kier molecular flexibility index (Phi) is 2.96. The van der Waals surface area contributed by atoms with Crippen molar-refractivity contribution in [1.82, 2.24) is 19.7 Å². The first-order chi connectivity index (χ1) is 10.2. The van der Waals surface area contributed by atoms with Crippen LogP contribution >= 0.6 is 0 Å². The maximum atomic E-state index is 5.86. The monoisotopic (exact) mass is 284 g/mol. The molecule has 2 aromatic heterocycles. The van der Waals surface area contributed by atoms with Crippen LogP contribution in [0, 0.1) is 12.8 Å². The number of likely N-dealkylation sites (tertiary alicyclic amines) is 1. The van der Waals surface area contributed by atoms with Gasteiger partial charge < -0.3 is 9.32 Å². The summed E-state index contributed by atoms with van der Waals surface area (Å²) in [5.41, 5.74) is 1.27. The zero-order chi connectivity index (χ0) is 14.4. The largest absolute Gasteiger partial charge is 0.462 e. The molecule has 21 heavy (non-hydrogen) atoms. The molecule has 2 aliphatic rings. The second-order valence-electron chi connectivity index (χ2n) is 6.17. The molecule has 0 bridgehead atoms. The van der Waals surface area contributed by atoms with E-state index in [1.165, 1.54) is 18.4 Å². The van der Waals surface area contributed by atoms with E-state index in [9.17, 15) is 0 Å². The minimum absolute atomic E-state index is 0.281. The zero-order valence-electron chi connectivity index (χ0n) is 12.5. The topological polar surface area (TPSA) is 47.1 Å². The van der Waals surface area contributed by atoms with E-state index >= 15 is 0 Å². The number of aromatic nitrogens is 3. The molecule has 2 aromatic rings. The summed E-state index contributed by atoms with van der Waals surface area (Å²) in [6, 6.07) is 2.17. The van der Waals surface area contributed by atoms with Crippen LogP contribution in [0.15, 0.2) is 16.8 Å². The lowest BCUT2D eigenvalue weighted by molar-refractivity contribution is 0.204. The lowest BCUT2D eigenvalue weighted by Crippen LogP contribution is -2.33. The van der Waals surface area contributed by atoms with Crippen LogP contribution < -0.4 is 0 Å². The standard InChI is InChI=1S/C16H20N4O/c1-11-9-13-14(21-11)5-8-20-16(17-10-18-20)15(13)12-3-6-19(2)7-4-12/h5,8-10,12,15H,3-4,6-7H2,1-2H3. The number of nitrogens with zero attached hydrogens (tertiary/aromatic N) is 4. The van der Waals surface area contributed by atoms with Gasteiger partial charge in [0.15, 0.2) is 0 Å². The average molecular weight is 284 g/mol. The van der Waals surface area contributed by atoms with Crippen LogP contribution in [-0.2, 0) is 0 Å². The molecular weight excluding hydrogens is 264 g/mol. The van der Waals surface area contributed by atoms with Gasteiger partial charge in [-0.3, -0.25) is 0 Å². The normalized spacial score (nSPS) is 22.9. The summed E-state index contributed by atoms with van der Waals surface area (Å²) in [5.74, 6) is 3.85.